The Morgan fingerprint density at radius 2 is 1.52 bits per heavy atom. The van der Waals surface area contributed by atoms with E-state index in [1.807, 2.05) is 54.6 Å². The first-order valence-corrected chi connectivity index (χ1v) is 7.90. The minimum Gasteiger partial charge on any atom is -0.274 e. The lowest BCUT2D eigenvalue weighted by atomic mass is 9.87. The third-order valence-corrected chi connectivity index (χ3v) is 4.34. The van der Waals surface area contributed by atoms with Crippen LogP contribution in [0.5, 0.6) is 0 Å². The number of hydrogen-bond acceptors (Lipinski definition) is 2. The number of imide groups is 1. The van der Waals surface area contributed by atoms with E-state index in [2.05, 4.69) is 20.8 Å². The maximum atomic E-state index is 12.7. The highest BCUT2D eigenvalue weighted by Gasteiger charge is 2.40. The molecule has 2 aromatic rings. The van der Waals surface area contributed by atoms with Crippen molar-refractivity contribution in [2.45, 2.75) is 38.5 Å². The molecule has 2 amide bonds. The fourth-order valence-electron chi connectivity index (χ4n) is 2.96. The van der Waals surface area contributed by atoms with Gasteiger partial charge in [0.25, 0.3) is 0 Å². The van der Waals surface area contributed by atoms with Crippen molar-refractivity contribution in [1.29, 1.82) is 0 Å². The maximum Gasteiger partial charge on any atom is 0.241 e. The summed E-state index contributed by atoms with van der Waals surface area (Å²) in [4.78, 5) is 26.4. The lowest BCUT2D eigenvalue weighted by molar-refractivity contribution is -0.121. The predicted octanol–water partition coefficient (Wildman–Crippen LogP) is 4.03. The zero-order chi connectivity index (χ0) is 16.6. The van der Waals surface area contributed by atoms with Gasteiger partial charge < -0.3 is 0 Å². The number of carbonyl (C=O) groups excluding carboxylic acids is 2. The van der Waals surface area contributed by atoms with Gasteiger partial charge in [0.05, 0.1) is 11.6 Å². The number of nitrogens with zero attached hydrogens (tertiary/aromatic N) is 1. The first kappa shape index (κ1) is 15.5. The molecule has 1 atom stereocenters. The van der Waals surface area contributed by atoms with Crippen LogP contribution in [-0.4, -0.2) is 11.8 Å². The molecule has 1 fully saturated rings. The van der Waals surface area contributed by atoms with Crippen molar-refractivity contribution in [3.8, 4) is 0 Å². The van der Waals surface area contributed by atoms with Crippen molar-refractivity contribution >= 4 is 17.5 Å². The van der Waals surface area contributed by atoms with Crippen LogP contribution >= 0.6 is 0 Å². The highest BCUT2D eigenvalue weighted by atomic mass is 16.2. The van der Waals surface area contributed by atoms with Gasteiger partial charge in [-0.2, -0.15) is 0 Å². The van der Waals surface area contributed by atoms with Crippen LogP contribution in [0.15, 0.2) is 54.6 Å². The molecule has 3 heteroatoms. The molecule has 1 heterocycles. The molecule has 118 valence electrons. The van der Waals surface area contributed by atoms with Crippen LogP contribution in [0.4, 0.5) is 5.69 Å². The average molecular weight is 307 g/mol. The van der Waals surface area contributed by atoms with Crippen LogP contribution in [-0.2, 0) is 15.0 Å². The van der Waals surface area contributed by atoms with Gasteiger partial charge in [-0.3, -0.25) is 14.5 Å². The Bertz CT molecular complexity index is 726. The van der Waals surface area contributed by atoms with E-state index in [9.17, 15) is 9.59 Å². The Morgan fingerprint density at radius 3 is 2.09 bits per heavy atom. The Morgan fingerprint density at radius 1 is 0.913 bits per heavy atom. The van der Waals surface area contributed by atoms with E-state index in [-0.39, 0.29) is 29.6 Å². The number of hydrogen-bond donors (Lipinski definition) is 0. The van der Waals surface area contributed by atoms with Crippen LogP contribution in [0.1, 0.15) is 44.2 Å². The summed E-state index contributed by atoms with van der Waals surface area (Å²) < 4.78 is 0. The Balaban J connectivity index is 1.89. The van der Waals surface area contributed by atoms with Crippen molar-refractivity contribution in [2.75, 3.05) is 4.90 Å². The maximum absolute atomic E-state index is 12.7. The molecular weight excluding hydrogens is 286 g/mol. The molecule has 0 aromatic heterocycles. The van der Waals surface area contributed by atoms with E-state index in [0.29, 0.717) is 5.69 Å². The molecule has 2 aromatic carbocycles. The summed E-state index contributed by atoms with van der Waals surface area (Å²) in [7, 11) is 0. The van der Waals surface area contributed by atoms with Crippen molar-refractivity contribution in [3.05, 3.63) is 65.7 Å². The summed E-state index contributed by atoms with van der Waals surface area (Å²) in [6.45, 7) is 6.42. The standard InChI is InChI=1S/C20H21NO2/c1-20(2,3)15-9-11-16(12-10-15)21-18(22)13-17(19(21)23)14-7-5-4-6-8-14/h4-12,17H,13H2,1-3H3. The smallest absolute Gasteiger partial charge is 0.241 e. The van der Waals surface area contributed by atoms with Gasteiger partial charge in [0.1, 0.15) is 0 Å². The largest absolute Gasteiger partial charge is 0.274 e. The monoisotopic (exact) mass is 307 g/mol. The first-order valence-electron chi connectivity index (χ1n) is 7.90. The third-order valence-electron chi connectivity index (χ3n) is 4.34. The summed E-state index contributed by atoms with van der Waals surface area (Å²) in [6, 6.07) is 17.2. The minimum atomic E-state index is -0.369. The average Bonchev–Trinajstić information content (AvgIpc) is 2.82. The topological polar surface area (TPSA) is 37.4 Å². The molecule has 1 aliphatic heterocycles. The molecule has 0 radical (unpaired) electrons. The highest BCUT2D eigenvalue weighted by molar-refractivity contribution is 6.22. The molecule has 0 spiro atoms. The van der Waals surface area contributed by atoms with E-state index in [1.165, 1.54) is 10.5 Å². The third kappa shape index (κ3) is 2.91. The number of anilines is 1. The zero-order valence-electron chi connectivity index (χ0n) is 13.7. The van der Waals surface area contributed by atoms with Crippen molar-refractivity contribution in [1.82, 2.24) is 0 Å². The molecule has 0 aliphatic carbocycles. The van der Waals surface area contributed by atoms with Crippen LogP contribution in [0, 0.1) is 0 Å². The lowest BCUT2D eigenvalue weighted by Gasteiger charge is -2.21. The van der Waals surface area contributed by atoms with E-state index in [1.54, 1.807) is 0 Å². The number of carbonyl (C=O) groups is 2. The summed E-state index contributed by atoms with van der Waals surface area (Å²) in [5, 5.41) is 0. The van der Waals surface area contributed by atoms with Gasteiger partial charge in [-0.05, 0) is 28.7 Å². The van der Waals surface area contributed by atoms with Crippen LogP contribution < -0.4 is 4.90 Å². The fourth-order valence-corrected chi connectivity index (χ4v) is 2.96. The number of benzene rings is 2. The molecular formula is C20H21NO2. The van der Waals surface area contributed by atoms with Gasteiger partial charge in [0, 0.05) is 6.42 Å². The normalized spacial score (nSPS) is 18.6. The second-order valence-electron chi connectivity index (χ2n) is 7.03. The van der Waals surface area contributed by atoms with Gasteiger partial charge in [-0.15, -0.1) is 0 Å². The summed E-state index contributed by atoms with van der Waals surface area (Å²) in [5.41, 5.74) is 2.79. The highest BCUT2D eigenvalue weighted by Crippen LogP contribution is 2.34. The van der Waals surface area contributed by atoms with Crippen molar-refractivity contribution < 1.29 is 9.59 Å². The Kier molecular flexibility index (Phi) is 3.80. The van der Waals surface area contributed by atoms with Crippen LogP contribution in [0.3, 0.4) is 0 Å². The molecule has 23 heavy (non-hydrogen) atoms. The van der Waals surface area contributed by atoms with E-state index < -0.39 is 0 Å². The molecule has 0 N–H and O–H groups in total. The molecule has 1 aliphatic rings. The van der Waals surface area contributed by atoms with Crippen LogP contribution in [0.25, 0.3) is 0 Å². The van der Waals surface area contributed by atoms with Crippen molar-refractivity contribution in [3.63, 3.8) is 0 Å². The van der Waals surface area contributed by atoms with E-state index in [4.69, 9.17) is 0 Å². The first-order chi connectivity index (χ1) is 10.9. The predicted molar refractivity (Wildman–Crippen MR) is 91.4 cm³/mol. The fraction of sp³-hybridized carbons (Fsp3) is 0.300. The molecule has 3 rings (SSSR count). The number of rotatable bonds is 2. The minimum absolute atomic E-state index is 0.0458. The second-order valence-corrected chi connectivity index (χ2v) is 7.03. The molecule has 1 saturated heterocycles. The summed E-state index contributed by atoms with van der Waals surface area (Å²) in [5.74, 6) is -0.636. The second kappa shape index (κ2) is 5.65. The quantitative estimate of drug-likeness (QED) is 0.786. The molecule has 0 bridgehead atoms. The summed E-state index contributed by atoms with van der Waals surface area (Å²) in [6.07, 6.45) is 0.240. The molecule has 1 unspecified atom stereocenters. The Labute approximate surface area is 136 Å². The zero-order valence-corrected chi connectivity index (χ0v) is 13.7. The van der Waals surface area contributed by atoms with Crippen molar-refractivity contribution in [2.24, 2.45) is 0 Å². The lowest BCUT2D eigenvalue weighted by Crippen LogP contribution is -2.30. The van der Waals surface area contributed by atoms with Gasteiger partial charge in [0.15, 0.2) is 0 Å². The van der Waals surface area contributed by atoms with E-state index in [0.717, 1.165) is 5.56 Å². The SMILES string of the molecule is CC(C)(C)c1ccc(N2C(=O)CC(c3ccccc3)C2=O)cc1. The Hall–Kier alpha value is -2.42. The van der Waals surface area contributed by atoms with Gasteiger partial charge in [-0.1, -0.05) is 63.2 Å². The van der Waals surface area contributed by atoms with Gasteiger partial charge >= 0.3 is 0 Å². The van der Waals surface area contributed by atoms with Gasteiger partial charge in [-0.25, -0.2) is 0 Å². The molecule has 0 saturated carbocycles. The van der Waals surface area contributed by atoms with Gasteiger partial charge in [0.2, 0.25) is 11.8 Å². The number of amides is 2. The summed E-state index contributed by atoms with van der Waals surface area (Å²) >= 11 is 0. The van der Waals surface area contributed by atoms with Crippen LogP contribution in [0.2, 0.25) is 0 Å². The molecule has 3 nitrogen and oxygen atoms in total. The van der Waals surface area contributed by atoms with E-state index >= 15 is 0 Å².